The van der Waals surface area contributed by atoms with Crippen molar-refractivity contribution in [1.82, 2.24) is 15.5 Å². The van der Waals surface area contributed by atoms with Crippen molar-refractivity contribution in [2.75, 3.05) is 18.1 Å². The first-order valence-corrected chi connectivity index (χ1v) is 6.73. The van der Waals surface area contributed by atoms with Crippen molar-refractivity contribution in [2.45, 2.75) is 31.2 Å². The highest BCUT2D eigenvalue weighted by Gasteiger charge is 2.27. The number of rotatable bonds is 2. The summed E-state index contributed by atoms with van der Waals surface area (Å²) in [6.45, 7) is 1.04. The zero-order chi connectivity index (χ0) is 10.1. The van der Waals surface area contributed by atoms with Crippen LogP contribution < -0.4 is 5.32 Å². The molecule has 2 fully saturated rings. The monoisotopic (exact) mass is 225 g/mol. The predicted molar refractivity (Wildman–Crippen MR) is 59.0 cm³/mol. The minimum Gasteiger partial charge on any atom is -0.338 e. The second kappa shape index (κ2) is 4.14. The van der Waals surface area contributed by atoms with E-state index in [1.165, 1.54) is 25.0 Å². The Morgan fingerprint density at radius 3 is 3.00 bits per heavy atom. The van der Waals surface area contributed by atoms with Crippen molar-refractivity contribution < 1.29 is 4.52 Å². The molecular formula is C10H15N3OS. The fourth-order valence-electron chi connectivity index (χ4n) is 1.95. The number of hydrogen-bond acceptors (Lipinski definition) is 5. The molecule has 0 amide bonds. The molecule has 1 unspecified atom stereocenters. The number of nitrogens with zero attached hydrogens (tertiary/aromatic N) is 2. The van der Waals surface area contributed by atoms with Crippen LogP contribution in [0.5, 0.6) is 0 Å². The number of thioether (sulfide) groups is 1. The van der Waals surface area contributed by atoms with Gasteiger partial charge in [0.05, 0.1) is 6.04 Å². The Balaban J connectivity index is 1.71. The molecule has 5 heteroatoms. The number of hydrogen-bond donors (Lipinski definition) is 1. The molecule has 1 saturated carbocycles. The summed E-state index contributed by atoms with van der Waals surface area (Å²) in [4.78, 5) is 4.50. The summed E-state index contributed by atoms with van der Waals surface area (Å²) in [5.74, 6) is 4.50. The van der Waals surface area contributed by atoms with E-state index in [4.69, 9.17) is 4.52 Å². The van der Waals surface area contributed by atoms with E-state index < -0.39 is 0 Å². The molecule has 4 nitrogen and oxygen atoms in total. The van der Waals surface area contributed by atoms with Crippen LogP contribution in [0, 0.1) is 0 Å². The minimum absolute atomic E-state index is 0.269. The van der Waals surface area contributed by atoms with Crippen LogP contribution in [0.25, 0.3) is 0 Å². The quantitative estimate of drug-likeness (QED) is 0.830. The summed E-state index contributed by atoms with van der Waals surface area (Å²) < 4.78 is 5.32. The molecule has 0 spiro atoms. The van der Waals surface area contributed by atoms with Gasteiger partial charge in [-0.1, -0.05) is 11.6 Å². The van der Waals surface area contributed by atoms with E-state index in [9.17, 15) is 0 Å². The highest BCUT2D eigenvalue weighted by Crippen LogP contribution is 2.35. The van der Waals surface area contributed by atoms with E-state index in [1.807, 2.05) is 11.8 Å². The summed E-state index contributed by atoms with van der Waals surface area (Å²) >= 11 is 1.94. The van der Waals surface area contributed by atoms with Crippen LogP contribution in [0.2, 0.25) is 0 Å². The van der Waals surface area contributed by atoms with Gasteiger partial charge in [-0.25, -0.2) is 0 Å². The van der Waals surface area contributed by atoms with E-state index in [2.05, 4.69) is 15.5 Å². The lowest BCUT2D eigenvalue weighted by atomic mass is 9.85. The SMILES string of the molecule is C1CC(c2noc(C3CSCCN3)n2)C1. The number of nitrogens with one attached hydrogen (secondary N) is 1. The Kier molecular flexibility index (Phi) is 2.66. The zero-order valence-electron chi connectivity index (χ0n) is 8.61. The van der Waals surface area contributed by atoms with Gasteiger partial charge in [0.25, 0.3) is 0 Å². The standard InChI is InChI=1S/C10H15N3OS/c1-2-7(3-1)9-12-10(14-13-9)8-6-15-5-4-11-8/h7-8,11H,1-6H2. The molecule has 1 aliphatic heterocycles. The Morgan fingerprint density at radius 1 is 1.40 bits per heavy atom. The summed E-state index contributed by atoms with van der Waals surface area (Å²) in [7, 11) is 0. The van der Waals surface area contributed by atoms with Crippen molar-refractivity contribution in [2.24, 2.45) is 0 Å². The maximum Gasteiger partial charge on any atom is 0.244 e. The molecule has 0 bridgehead atoms. The van der Waals surface area contributed by atoms with Crippen molar-refractivity contribution in [3.63, 3.8) is 0 Å². The first-order chi connectivity index (χ1) is 7.43. The van der Waals surface area contributed by atoms with E-state index >= 15 is 0 Å². The van der Waals surface area contributed by atoms with E-state index in [0.717, 1.165) is 24.0 Å². The molecule has 2 aliphatic rings. The van der Waals surface area contributed by atoms with Crippen molar-refractivity contribution >= 4 is 11.8 Å². The molecule has 1 aromatic heterocycles. The molecule has 1 aromatic rings. The van der Waals surface area contributed by atoms with Crippen LogP contribution >= 0.6 is 11.8 Å². The molecule has 2 heterocycles. The summed E-state index contributed by atoms with van der Waals surface area (Å²) in [6, 6.07) is 0.269. The molecule has 1 aliphatic carbocycles. The third-order valence-corrected chi connectivity index (χ3v) is 4.21. The summed E-state index contributed by atoms with van der Waals surface area (Å²) in [5.41, 5.74) is 0. The smallest absolute Gasteiger partial charge is 0.244 e. The van der Waals surface area contributed by atoms with Gasteiger partial charge in [-0.3, -0.25) is 0 Å². The highest BCUT2D eigenvalue weighted by atomic mass is 32.2. The van der Waals surface area contributed by atoms with Gasteiger partial charge < -0.3 is 9.84 Å². The molecule has 0 aromatic carbocycles. The Hall–Kier alpha value is -0.550. The van der Waals surface area contributed by atoms with E-state index in [1.54, 1.807) is 0 Å². The Morgan fingerprint density at radius 2 is 2.33 bits per heavy atom. The third kappa shape index (κ3) is 1.90. The van der Waals surface area contributed by atoms with Crippen LogP contribution in [0.3, 0.4) is 0 Å². The molecule has 0 radical (unpaired) electrons. The average Bonchev–Trinajstić information content (AvgIpc) is 2.66. The van der Waals surface area contributed by atoms with Crippen molar-refractivity contribution in [3.8, 4) is 0 Å². The van der Waals surface area contributed by atoms with Crippen LogP contribution in [0.4, 0.5) is 0 Å². The topological polar surface area (TPSA) is 51.0 Å². The minimum atomic E-state index is 0.269. The summed E-state index contributed by atoms with van der Waals surface area (Å²) in [6.07, 6.45) is 3.77. The van der Waals surface area contributed by atoms with Gasteiger partial charge in [0.15, 0.2) is 5.82 Å². The van der Waals surface area contributed by atoms with Crippen LogP contribution in [-0.2, 0) is 0 Å². The molecule has 1 saturated heterocycles. The fraction of sp³-hybridized carbons (Fsp3) is 0.800. The van der Waals surface area contributed by atoms with Crippen LogP contribution in [0.15, 0.2) is 4.52 Å². The highest BCUT2D eigenvalue weighted by molar-refractivity contribution is 7.99. The lowest BCUT2D eigenvalue weighted by molar-refractivity contribution is 0.326. The van der Waals surface area contributed by atoms with Gasteiger partial charge in [-0.15, -0.1) is 0 Å². The maximum atomic E-state index is 5.32. The van der Waals surface area contributed by atoms with Crippen LogP contribution in [-0.4, -0.2) is 28.2 Å². The molecule has 1 N–H and O–H groups in total. The third-order valence-electron chi connectivity index (χ3n) is 3.15. The van der Waals surface area contributed by atoms with Crippen molar-refractivity contribution in [1.29, 1.82) is 0 Å². The van der Waals surface area contributed by atoms with Crippen molar-refractivity contribution in [3.05, 3.63) is 11.7 Å². The fourth-order valence-corrected chi connectivity index (χ4v) is 2.87. The van der Waals surface area contributed by atoms with Gasteiger partial charge in [0, 0.05) is 24.0 Å². The zero-order valence-corrected chi connectivity index (χ0v) is 9.42. The largest absolute Gasteiger partial charge is 0.338 e. The number of aromatic nitrogens is 2. The molecule has 82 valence electrons. The van der Waals surface area contributed by atoms with E-state index in [-0.39, 0.29) is 6.04 Å². The van der Waals surface area contributed by atoms with Gasteiger partial charge in [0.1, 0.15) is 0 Å². The normalized spacial score (nSPS) is 27.6. The molecule has 1 atom stereocenters. The Bertz CT molecular complexity index is 331. The Labute approximate surface area is 93.2 Å². The van der Waals surface area contributed by atoms with Crippen LogP contribution in [0.1, 0.15) is 42.9 Å². The first kappa shape index (κ1) is 9.66. The van der Waals surface area contributed by atoms with Gasteiger partial charge >= 0.3 is 0 Å². The van der Waals surface area contributed by atoms with E-state index in [0.29, 0.717) is 5.92 Å². The first-order valence-electron chi connectivity index (χ1n) is 5.58. The molecular weight excluding hydrogens is 210 g/mol. The van der Waals surface area contributed by atoms with Gasteiger partial charge in [0.2, 0.25) is 5.89 Å². The lowest BCUT2D eigenvalue weighted by Gasteiger charge is -2.21. The summed E-state index contributed by atoms with van der Waals surface area (Å²) in [5, 5.41) is 7.48. The second-order valence-corrected chi connectivity index (χ2v) is 5.35. The predicted octanol–water partition coefficient (Wildman–Crippen LogP) is 1.71. The lowest BCUT2D eigenvalue weighted by Crippen LogP contribution is -2.30. The van der Waals surface area contributed by atoms with Gasteiger partial charge in [-0.2, -0.15) is 16.7 Å². The molecule has 15 heavy (non-hydrogen) atoms. The second-order valence-electron chi connectivity index (χ2n) is 4.20. The average molecular weight is 225 g/mol. The maximum absolute atomic E-state index is 5.32. The molecule has 3 rings (SSSR count). The van der Waals surface area contributed by atoms with Gasteiger partial charge in [-0.05, 0) is 12.8 Å².